The summed E-state index contributed by atoms with van der Waals surface area (Å²) in [6.07, 6.45) is -2.76. The zero-order valence-corrected chi connectivity index (χ0v) is 8.96. The number of alkyl halides is 2. The molecular weight excluding hydrogens is 274 g/mol. The molecule has 4 nitrogen and oxygen atoms in total. The lowest BCUT2D eigenvalue weighted by atomic mass is 10.1. The lowest BCUT2D eigenvalue weighted by Gasteiger charge is -2.08. The number of nitrogens with two attached hydrogens (primary N) is 1. The van der Waals surface area contributed by atoms with Crippen molar-refractivity contribution in [2.45, 2.75) is 13.0 Å². The Balaban J connectivity index is 3.37. The molecule has 0 spiro atoms. The fourth-order valence-electron chi connectivity index (χ4n) is 1.07. The number of nitrogens with zero attached hydrogens (tertiary/aromatic N) is 1. The molecular formula is C8H7BrF2N2O2. The highest BCUT2D eigenvalue weighted by Gasteiger charge is 2.19. The fraction of sp³-hybridized carbons (Fsp3) is 0.250. The number of carboxylic acid groups (broad SMARTS) is 1. The molecule has 0 radical (unpaired) electrons. The van der Waals surface area contributed by atoms with Gasteiger partial charge in [-0.1, -0.05) is 0 Å². The van der Waals surface area contributed by atoms with Gasteiger partial charge in [0.2, 0.25) is 0 Å². The van der Waals surface area contributed by atoms with E-state index in [1.807, 2.05) is 0 Å². The van der Waals surface area contributed by atoms with Crippen molar-refractivity contribution in [2.75, 3.05) is 0 Å². The topological polar surface area (TPSA) is 76.2 Å². The molecule has 1 heterocycles. The minimum absolute atomic E-state index is 0.0563. The number of halogens is 3. The van der Waals surface area contributed by atoms with Gasteiger partial charge >= 0.3 is 5.97 Å². The van der Waals surface area contributed by atoms with Crippen molar-refractivity contribution in [3.8, 4) is 0 Å². The summed E-state index contributed by atoms with van der Waals surface area (Å²) in [5.41, 5.74) is 4.50. The zero-order valence-electron chi connectivity index (χ0n) is 7.38. The molecule has 0 saturated carbocycles. The second kappa shape index (κ2) is 4.63. The van der Waals surface area contributed by atoms with Crippen LogP contribution in [0.1, 0.15) is 28.2 Å². The van der Waals surface area contributed by atoms with Gasteiger partial charge in [-0.2, -0.15) is 0 Å². The van der Waals surface area contributed by atoms with E-state index in [9.17, 15) is 13.6 Å². The summed E-state index contributed by atoms with van der Waals surface area (Å²) in [6, 6.07) is 0.979. The Morgan fingerprint density at radius 2 is 2.27 bits per heavy atom. The Labute approximate surface area is 92.2 Å². The number of aromatic nitrogens is 1. The van der Waals surface area contributed by atoms with Crippen molar-refractivity contribution in [3.05, 3.63) is 27.5 Å². The first-order valence-electron chi connectivity index (χ1n) is 3.88. The summed E-state index contributed by atoms with van der Waals surface area (Å²) >= 11 is 2.90. The SMILES string of the molecule is NCc1nc(C(F)F)cc(Br)c1C(=O)O. The van der Waals surface area contributed by atoms with Gasteiger partial charge in [-0.15, -0.1) is 0 Å². The largest absolute Gasteiger partial charge is 0.478 e. The second-order valence-corrected chi connectivity index (χ2v) is 3.51. The normalized spacial score (nSPS) is 10.7. The van der Waals surface area contributed by atoms with Crippen LogP contribution in [0.25, 0.3) is 0 Å². The van der Waals surface area contributed by atoms with E-state index in [1.165, 1.54) is 0 Å². The van der Waals surface area contributed by atoms with Gasteiger partial charge in [-0.05, 0) is 22.0 Å². The molecule has 0 aliphatic rings. The van der Waals surface area contributed by atoms with Gasteiger partial charge in [0.25, 0.3) is 6.43 Å². The van der Waals surface area contributed by atoms with E-state index in [1.54, 1.807) is 0 Å². The first-order chi connectivity index (χ1) is 6.97. The molecule has 0 atom stereocenters. The van der Waals surface area contributed by atoms with E-state index >= 15 is 0 Å². The van der Waals surface area contributed by atoms with Crippen molar-refractivity contribution in [1.29, 1.82) is 0 Å². The molecule has 7 heteroatoms. The van der Waals surface area contributed by atoms with Gasteiger partial charge < -0.3 is 10.8 Å². The van der Waals surface area contributed by atoms with Crippen LogP contribution >= 0.6 is 15.9 Å². The van der Waals surface area contributed by atoms with Crippen LogP contribution in [-0.2, 0) is 6.54 Å². The average molecular weight is 281 g/mol. The molecule has 1 aromatic heterocycles. The number of carbonyl (C=O) groups is 1. The number of hydrogen-bond donors (Lipinski definition) is 2. The monoisotopic (exact) mass is 280 g/mol. The molecule has 0 amide bonds. The number of aromatic carboxylic acids is 1. The molecule has 1 aromatic rings. The Kier molecular flexibility index (Phi) is 3.70. The maximum atomic E-state index is 12.3. The molecule has 1 rings (SSSR count). The van der Waals surface area contributed by atoms with Crippen molar-refractivity contribution in [1.82, 2.24) is 4.98 Å². The Bertz CT molecular complexity index is 398. The summed E-state index contributed by atoms with van der Waals surface area (Å²) < 4.78 is 24.7. The van der Waals surface area contributed by atoms with Crippen LogP contribution in [0.4, 0.5) is 8.78 Å². The van der Waals surface area contributed by atoms with Crippen molar-refractivity contribution in [3.63, 3.8) is 0 Å². The van der Waals surface area contributed by atoms with E-state index in [-0.39, 0.29) is 22.3 Å². The first kappa shape index (κ1) is 12.0. The zero-order chi connectivity index (χ0) is 11.6. The molecule has 0 saturated heterocycles. The standard InChI is InChI=1S/C8H7BrF2N2O2/c9-3-1-4(7(10)11)13-5(2-12)6(3)8(14)15/h1,7H,2,12H2,(H,14,15). The Morgan fingerprint density at radius 3 is 2.67 bits per heavy atom. The predicted octanol–water partition coefficient (Wildman–Crippen LogP) is 1.94. The summed E-state index contributed by atoms with van der Waals surface area (Å²) in [7, 11) is 0. The van der Waals surface area contributed by atoms with Gasteiger partial charge in [0, 0.05) is 11.0 Å². The minimum atomic E-state index is -2.76. The molecule has 3 N–H and O–H groups in total. The molecule has 0 aliphatic heterocycles. The van der Waals surface area contributed by atoms with Gasteiger partial charge in [0.1, 0.15) is 5.69 Å². The highest BCUT2D eigenvalue weighted by atomic mass is 79.9. The lowest BCUT2D eigenvalue weighted by molar-refractivity contribution is 0.0693. The van der Waals surface area contributed by atoms with Crippen LogP contribution in [0.3, 0.4) is 0 Å². The van der Waals surface area contributed by atoms with Crippen LogP contribution < -0.4 is 5.73 Å². The third-order valence-corrected chi connectivity index (χ3v) is 2.32. The van der Waals surface area contributed by atoms with Crippen LogP contribution in [0.2, 0.25) is 0 Å². The van der Waals surface area contributed by atoms with E-state index < -0.39 is 18.1 Å². The van der Waals surface area contributed by atoms with Gasteiger partial charge in [0.15, 0.2) is 0 Å². The highest BCUT2D eigenvalue weighted by molar-refractivity contribution is 9.10. The molecule has 82 valence electrons. The average Bonchev–Trinajstić information content (AvgIpc) is 2.15. The summed E-state index contributed by atoms with van der Waals surface area (Å²) in [4.78, 5) is 14.3. The molecule has 0 bridgehead atoms. The molecule has 0 aliphatic carbocycles. The highest BCUT2D eigenvalue weighted by Crippen LogP contribution is 2.25. The van der Waals surface area contributed by atoms with E-state index in [4.69, 9.17) is 10.8 Å². The number of hydrogen-bond acceptors (Lipinski definition) is 3. The van der Waals surface area contributed by atoms with E-state index in [2.05, 4.69) is 20.9 Å². The summed E-state index contributed by atoms with van der Waals surface area (Å²) in [5, 5.41) is 8.79. The maximum Gasteiger partial charge on any atom is 0.338 e. The Morgan fingerprint density at radius 1 is 1.67 bits per heavy atom. The molecule has 0 unspecified atom stereocenters. The van der Waals surface area contributed by atoms with E-state index in [0.29, 0.717) is 0 Å². The third-order valence-electron chi connectivity index (χ3n) is 1.70. The molecule has 15 heavy (non-hydrogen) atoms. The van der Waals surface area contributed by atoms with Crippen molar-refractivity contribution < 1.29 is 18.7 Å². The first-order valence-corrected chi connectivity index (χ1v) is 4.67. The maximum absolute atomic E-state index is 12.3. The van der Waals surface area contributed by atoms with E-state index in [0.717, 1.165) is 6.07 Å². The quantitative estimate of drug-likeness (QED) is 0.887. The second-order valence-electron chi connectivity index (χ2n) is 2.66. The smallest absolute Gasteiger partial charge is 0.338 e. The van der Waals surface area contributed by atoms with Crippen LogP contribution in [0.15, 0.2) is 10.5 Å². The van der Waals surface area contributed by atoms with Gasteiger partial charge in [0.05, 0.1) is 11.3 Å². The fourth-order valence-corrected chi connectivity index (χ4v) is 1.70. The summed E-state index contributed by atoms with van der Waals surface area (Å²) in [6.45, 7) is -0.208. The van der Waals surface area contributed by atoms with Gasteiger partial charge in [-0.25, -0.2) is 18.6 Å². The minimum Gasteiger partial charge on any atom is -0.478 e. The Hall–Kier alpha value is -1.08. The number of rotatable bonds is 3. The number of pyridine rings is 1. The van der Waals surface area contributed by atoms with Crippen LogP contribution in [0, 0.1) is 0 Å². The molecule has 0 aromatic carbocycles. The van der Waals surface area contributed by atoms with Crippen molar-refractivity contribution in [2.24, 2.45) is 5.73 Å². The number of carboxylic acids is 1. The van der Waals surface area contributed by atoms with Crippen LogP contribution in [-0.4, -0.2) is 16.1 Å². The van der Waals surface area contributed by atoms with Crippen LogP contribution in [0.5, 0.6) is 0 Å². The summed E-state index contributed by atoms with van der Waals surface area (Å²) in [5.74, 6) is -1.25. The predicted molar refractivity (Wildman–Crippen MR) is 51.7 cm³/mol. The van der Waals surface area contributed by atoms with Crippen molar-refractivity contribution >= 4 is 21.9 Å². The third kappa shape index (κ3) is 2.48. The lowest BCUT2D eigenvalue weighted by Crippen LogP contribution is -2.12. The molecule has 0 fully saturated rings. The van der Waals surface area contributed by atoms with Gasteiger partial charge in [-0.3, -0.25) is 0 Å².